The van der Waals surface area contributed by atoms with E-state index >= 15 is 0 Å². The Bertz CT molecular complexity index is 863. The quantitative estimate of drug-likeness (QED) is 0.869. The summed E-state index contributed by atoms with van der Waals surface area (Å²) in [6, 6.07) is 10.9. The van der Waals surface area contributed by atoms with Crippen LogP contribution in [-0.4, -0.2) is 30.3 Å². The van der Waals surface area contributed by atoms with Gasteiger partial charge >= 0.3 is 0 Å². The summed E-state index contributed by atoms with van der Waals surface area (Å²) in [5.74, 6) is 0.0974. The molecule has 0 bridgehead atoms. The fraction of sp³-hybridized carbons (Fsp3) is 0.375. The van der Waals surface area contributed by atoms with Gasteiger partial charge in [-0.15, -0.1) is 0 Å². The van der Waals surface area contributed by atoms with Crippen LogP contribution in [0.25, 0.3) is 10.9 Å². The van der Waals surface area contributed by atoms with Gasteiger partial charge in [0, 0.05) is 18.6 Å². The Morgan fingerprint density at radius 2 is 2.00 bits per heavy atom. The van der Waals surface area contributed by atoms with Crippen LogP contribution >= 0.6 is 0 Å². The predicted molar refractivity (Wildman–Crippen MR) is 83.4 cm³/mol. The maximum absolute atomic E-state index is 13.0. The number of nitrogens with zero attached hydrogens (tertiary/aromatic N) is 3. The van der Waals surface area contributed by atoms with E-state index in [1.54, 1.807) is 31.3 Å². The SMILES string of the molecule is CN([C@](C)(C#N)C1CC1)S(=O)(=O)c1cccc2cccnc12. The third kappa shape index (κ3) is 2.18. The topological polar surface area (TPSA) is 74.1 Å². The molecule has 1 aliphatic carbocycles. The Kier molecular flexibility index (Phi) is 3.42. The van der Waals surface area contributed by atoms with Crippen molar-refractivity contribution >= 4 is 20.9 Å². The highest BCUT2D eigenvalue weighted by Crippen LogP contribution is 2.44. The first-order valence-corrected chi connectivity index (χ1v) is 8.59. The number of benzene rings is 1. The van der Waals surface area contributed by atoms with E-state index in [9.17, 15) is 13.7 Å². The second kappa shape index (κ2) is 5.04. The predicted octanol–water partition coefficient (Wildman–Crippen LogP) is 2.55. The molecular weight excluding hydrogens is 298 g/mol. The molecule has 0 saturated heterocycles. The van der Waals surface area contributed by atoms with Crippen molar-refractivity contribution in [3.63, 3.8) is 0 Å². The zero-order valence-electron chi connectivity index (χ0n) is 12.5. The number of sulfonamides is 1. The number of fused-ring (bicyclic) bond motifs is 1. The number of nitriles is 1. The number of aromatic nitrogens is 1. The molecule has 1 aromatic carbocycles. The molecule has 0 aliphatic heterocycles. The van der Waals surface area contributed by atoms with E-state index < -0.39 is 15.6 Å². The van der Waals surface area contributed by atoms with Gasteiger partial charge in [-0.3, -0.25) is 4.98 Å². The molecule has 1 aromatic heterocycles. The van der Waals surface area contributed by atoms with E-state index in [1.165, 1.54) is 11.4 Å². The first kappa shape index (κ1) is 14.9. The van der Waals surface area contributed by atoms with Crippen LogP contribution in [0.1, 0.15) is 19.8 Å². The highest BCUT2D eigenvalue weighted by Gasteiger charge is 2.49. The van der Waals surface area contributed by atoms with Crippen LogP contribution in [0.5, 0.6) is 0 Å². The summed E-state index contributed by atoms with van der Waals surface area (Å²) in [6.45, 7) is 1.70. The molecule has 1 fully saturated rings. The zero-order chi connectivity index (χ0) is 16.0. The van der Waals surface area contributed by atoms with Crippen LogP contribution in [0, 0.1) is 17.2 Å². The largest absolute Gasteiger partial charge is 0.255 e. The van der Waals surface area contributed by atoms with Crippen molar-refractivity contribution in [2.75, 3.05) is 7.05 Å². The molecule has 1 heterocycles. The molecule has 0 spiro atoms. The van der Waals surface area contributed by atoms with Crippen LogP contribution in [-0.2, 0) is 10.0 Å². The van der Waals surface area contributed by atoms with Crippen LogP contribution in [0.3, 0.4) is 0 Å². The van der Waals surface area contributed by atoms with Gasteiger partial charge < -0.3 is 0 Å². The highest BCUT2D eigenvalue weighted by molar-refractivity contribution is 7.89. The monoisotopic (exact) mass is 315 g/mol. The van der Waals surface area contributed by atoms with Gasteiger partial charge in [0.2, 0.25) is 10.0 Å². The summed E-state index contributed by atoms with van der Waals surface area (Å²) in [5, 5.41) is 10.3. The minimum absolute atomic E-state index is 0.0974. The maximum Gasteiger partial charge on any atom is 0.246 e. The zero-order valence-corrected chi connectivity index (χ0v) is 13.3. The number of hydrogen-bond donors (Lipinski definition) is 0. The third-order valence-electron chi connectivity index (χ3n) is 4.49. The first-order valence-electron chi connectivity index (χ1n) is 7.15. The van der Waals surface area contributed by atoms with Crippen LogP contribution in [0.4, 0.5) is 0 Å². The van der Waals surface area contributed by atoms with Crippen molar-refractivity contribution in [2.45, 2.75) is 30.2 Å². The number of rotatable bonds is 4. The molecule has 0 N–H and O–H groups in total. The van der Waals surface area contributed by atoms with Gasteiger partial charge in [-0.25, -0.2) is 8.42 Å². The van der Waals surface area contributed by atoms with Crippen molar-refractivity contribution in [1.82, 2.24) is 9.29 Å². The highest BCUT2D eigenvalue weighted by atomic mass is 32.2. The van der Waals surface area contributed by atoms with E-state index in [0.29, 0.717) is 5.52 Å². The van der Waals surface area contributed by atoms with Gasteiger partial charge in [0.05, 0.1) is 11.6 Å². The van der Waals surface area contributed by atoms with Gasteiger partial charge in [0.1, 0.15) is 10.4 Å². The molecule has 3 rings (SSSR count). The Balaban J connectivity index is 2.15. The molecule has 0 radical (unpaired) electrons. The summed E-state index contributed by atoms with van der Waals surface area (Å²) in [7, 11) is -2.31. The number of hydrogen-bond acceptors (Lipinski definition) is 4. The molecule has 0 unspecified atom stereocenters. The van der Waals surface area contributed by atoms with Gasteiger partial charge in [0.25, 0.3) is 0 Å². The summed E-state index contributed by atoms with van der Waals surface area (Å²) >= 11 is 0. The smallest absolute Gasteiger partial charge is 0.246 e. The molecule has 114 valence electrons. The van der Waals surface area contributed by atoms with Crippen molar-refractivity contribution in [1.29, 1.82) is 5.26 Å². The van der Waals surface area contributed by atoms with Crippen molar-refractivity contribution in [2.24, 2.45) is 5.92 Å². The van der Waals surface area contributed by atoms with Gasteiger partial charge in [0.15, 0.2) is 0 Å². The lowest BCUT2D eigenvalue weighted by Gasteiger charge is -2.32. The van der Waals surface area contributed by atoms with Crippen molar-refractivity contribution in [3.8, 4) is 6.07 Å². The molecular formula is C16H17N3O2S. The lowest BCUT2D eigenvalue weighted by Crippen LogP contribution is -2.47. The number of para-hydroxylation sites is 1. The van der Waals surface area contributed by atoms with Crippen LogP contribution < -0.4 is 0 Å². The Morgan fingerprint density at radius 3 is 2.64 bits per heavy atom. The van der Waals surface area contributed by atoms with Gasteiger partial charge in [-0.2, -0.15) is 9.57 Å². The Hall–Kier alpha value is -1.97. The summed E-state index contributed by atoms with van der Waals surface area (Å²) < 4.78 is 27.2. The maximum atomic E-state index is 13.0. The molecule has 1 aliphatic rings. The molecule has 22 heavy (non-hydrogen) atoms. The molecule has 6 heteroatoms. The van der Waals surface area contributed by atoms with E-state index in [-0.39, 0.29) is 10.8 Å². The average Bonchev–Trinajstić information content (AvgIpc) is 3.38. The molecule has 1 atom stereocenters. The Labute approximate surface area is 130 Å². The second-order valence-corrected chi connectivity index (χ2v) is 7.78. The van der Waals surface area contributed by atoms with E-state index in [2.05, 4.69) is 11.1 Å². The summed E-state index contributed by atoms with van der Waals surface area (Å²) in [4.78, 5) is 4.36. The van der Waals surface area contributed by atoms with Crippen LogP contribution in [0.2, 0.25) is 0 Å². The summed E-state index contributed by atoms with van der Waals surface area (Å²) in [5.41, 5.74) is -0.580. The third-order valence-corrected chi connectivity index (χ3v) is 6.47. The minimum atomic E-state index is -3.79. The van der Waals surface area contributed by atoms with Crippen molar-refractivity contribution < 1.29 is 8.42 Å². The molecule has 0 amide bonds. The lowest BCUT2D eigenvalue weighted by molar-refractivity contribution is 0.277. The molecule has 1 saturated carbocycles. The average molecular weight is 315 g/mol. The molecule has 2 aromatic rings. The van der Waals surface area contributed by atoms with E-state index in [1.807, 2.05) is 12.1 Å². The van der Waals surface area contributed by atoms with E-state index in [0.717, 1.165) is 18.2 Å². The Morgan fingerprint density at radius 1 is 1.32 bits per heavy atom. The molecule has 5 nitrogen and oxygen atoms in total. The second-order valence-electron chi connectivity index (χ2n) is 5.84. The first-order chi connectivity index (χ1) is 10.4. The fourth-order valence-electron chi connectivity index (χ4n) is 2.75. The normalized spacial score (nSPS) is 18.1. The van der Waals surface area contributed by atoms with Crippen molar-refractivity contribution in [3.05, 3.63) is 36.5 Å². The fourth-order valence-corrected chi connectivity index (χ4v) is 4.40. The lowest BCUT2D eigenvalue weighted by atomic mass is 9.99. The van der Waals surface area contributed by atoms with Gasteiger partial charge in [-0.05, 0) is 37.8 Å². The number of pyridine rings is 1. The van der Waals surface area contributed by atoms with Crippen LogP contribution in [0.15, 0.2) is 41.4 Å². The standard InChI is InChI=1S/C16H17N3O2S/c1-16(11-17,13-8-9-13)19(2)22(20,21)14-7-3-5-12-6-4-10-18-15(12)14/h3-7,10,13H,8-9H2,1-2H3/t16-/m1/s1. The van der Waals surface area contributed by atoms with E-state index in [4.69, 9.17) is 0 Å². The summed E-state index contributed by atoms with van der Waals surface area (Å²) in [6.07, 6.45) is 3.35. The minimum Gasteiger partial charge on any atom is -0.255 e. The van der Waals surface area contributed by atoms with Gasteiger partial charge in [-0.1, -0.05) is 18.2 Å².